The highest BCUT2D eigenvalue weighted by molar-refractivity contribution is 5.74. The van der Waals surface area contributed by atoms with Crippen LogP contribution in [-0.4, -0.2) is 20.9 Å². The van der Waals surface area contributed by atoms with E-state index in [1.165, 1.54) is 0 Å². The number of hydrogen-bond donors (Lipinski definition) is 2. The predicted molar refractivity (Wildman–Crippen MR) is 46.4 cm³/mol. The first-order chi connectivity index (χ1) is 6.13. The number of carbonyl (C=O) groups is 1. The lowest BCUT2D eigenvalue weighted by atomic mass is 10.1. The minimum absolute atomic E-state index is 0.0996. The fourth-order valence-electron chi connectivity index (χ4n) is 0.959. The third-order valence-electron chi connectivity index (χ3n) is 1.68. The molecule has 1 unspecified atom stereocenters. The maximum absolute atomic E-state index is 10.5. The second-order valence-electron chi connectivity index (χ2n) is 2.78. The maximum Gasteiger partial charge on any atom is 0.219 e. The van der Waals surface area contributed by atoms with Gasteiger partial charge in [-0.2, -0.15) is 0 Å². The number of rotatable bonds is 4. The topological polar surface area (TPSA) is 99.8 Å². The van der Waals surface area contributed by atoms with Gasteiger partial charge in [0.25, 0.3) is 0 Å². The molecule has 1 rings (SSSR count). The number of amides is 1. The Balaban J connectivity index is 2.65. The Hall–Kier alpha value is -1.43. The molecule has 0 saturated heterocycles. The monoisotopic (exact) mass is 183 g/mol. The molecule has 72 valence electrons. The molecule has 0 spiro atoms. The Morgan fingerprint density at radius 3 is 2.92 bits per heavy atom. The van der Waals surface area contributed by atoms with Crippen LogP contribution in [-0.2, 0) is 11.3 Å². The summed E-state index contributed by atoms with van der Waals surface area (Å²) in [4.78, 5) is 10.5. The largest absolute Gasteiger partial charge is 0.370 e. The van der Waals surface area contributed by atoms with Crippen LogP contribution < -0.4 is 11.5 Å². The van der Waals surface area contributed by atoms with E-state index in [4.69, 9.17) is 11.5 Å². The lowest BCUT2D eigenvalue weighted by Gasteiger charge is -2.03. The lowest BCUT2D eigenvalue weighted by molar-refractivity contribution is -0.118. The normalized spacial score (nSPS) is 12.8. The lowest BCUT2D eigenvalue weighted by Crippen LogP contribution is -2.20. The summed E-state index contributed by atoms with van der Waals surface area (Å²) in [6.07, 6.45) is 1.82. The van der Waals surface area contributed by atoms with E-state index < -0.39 is 11.9 Å². The number of carbonyl (C=O) groups excluding carboxylic acids is 1. The molecule has 0 aliphatic rings. The Bertz CT molecular complexity index is 295. The van der Waals surface area contributed by atoms with Gasteiger partial charge in [-0.3, -0.25) is 9.48 Å². The second kappa shape index (κ2) is 3.99. The van der Waals surface area contributed by atoms with E-state index in [0.717, 1.165) is 6.54 Å². The average molecular weight is 183 g/mol. The molecule has 0 aliphatic heterocycles. The molecular formula is C7H13N5O. The first-order valence-electron chi connectivity index (χ1n) is 4.07. The average Bonchev–Trinajstić information content (AvgIpc) is 2.50. The third-order valence-corrected chi connectivity index (χ3v) is 1.68. The molecule has 6 heteroatoms. The van der Waals surface area contributed by atoms with E-state index >= 15 is 0 Å². The molecule has 1 aromatic heterocycles. The van der Waals surface area contributed by atoms with Crippen LogP contribution in [0.2, 0.25) is 0 Å². The molecule has 4 N–H and O–H groups in total. The van der Waals surface area contributed by atoms with Gasteiger partial charge in [0, 0.05) is 13.0 Å². The zero-order valence-corrected chi connectivity index (χ0v) is 7.47. The highest BCUT2D eigenvalue weighted by atomic mass is 16.1. The predicted octanol–water partition coefficient (Wildman–Crippen LogP) is -0.827. The molecule has 0 radical (unpaired) electrons. The Kier molecular flexibility index (Phi) is 2.97. The van der Waals surface area contributed by atoms with Crippen molar-refractivity contribution in [2.45, 2.75) is 25.9 Å². The van der Waals surface area contributed by atoms with Gasteiger partial charge in [0.05, 0.1) is 17.9 Å². The molecule has 1 aromatic rings. The third kappa shape index (κ3) is 2.51. The van der Waals surface area contributed by atoms with Crippen molar-refractivity contribution >= 4 is 5.91 Å². The van der Waals surface area contributed by atoms with Crippen LogP contribution in [0.1, 0.15) is 25.1 Å². The SMILES string of the molecule is CCn1cc(C(N)CC(N)=O)nn1. The van der Waals surface area contributed by atoms with Crippen molar-refractivity contribution in [1.82, 2.24) is 15.0 Å². The molecule has 0 fully saturated rings. The molecule has 1 atom stereocenters. The molecular weight excluding hydrogens is 170 g/mol. The van der Waals surface area contributed by atoms with Gasteiger partial charge < -0.3 is 11.5 Å². The Labute approximate surface area is 75.9 Å². The van der Waals surface area contributed by atoms with Crippen molar-refractivity contribution < 1.29 is 4.79 Å². The summed E-state index contributed by atoms with van der Waals surface area (Å²) >= 11 is 0. The summed E-state index contributed by atoms with van der Waals surface area (Å²) in [5, 5.41) is 7.62. The maximum atomic E-state index is 10.5. The summed E-state index contributed by atoms with van der Waals surface area (Å²) in [7, 11) is 0. The van der Waals surface area contributed by atoms with Crippen molar-refractivity contribution in [2.24, 2.45) is 11.5 Å². The number of nitrogens with zero attached hydrogens (tertiary/aromatic N) is 3. The van der Waals surface area contributed by atoms with Crippen LogP contribution in [0.15, 0.2) is 6.20 Å². The van der Waals surface area contributed by atoms with Crippen LogP contribution in [0.25, 0.3) is 0 Å². The molecule has 0 aromatic carbocycles. The van der Waals surface area contributed by atoms with Crippen LogP contribution >= 0.6 is 0 Å². The fraction of sp³-hybridized carbons (Fsp3) is 0.571. The van der Waals surface area contributed by atoms with Crippen LogP contribution in [0, 0.1) is 0 Å². The van der Waals surface area contributed by atoms with E-state index in [0.29, 0.717) is 5.69 Å². The van der Waals surface area contributed by atoms with Gasteiger partial charge in [0.1, 0.15) is 0 Å². The van der Waals surface area contributed by atoms with Gasteiger partial charge in [-0.25, -0.2) is 0 Å². The van der Waals surface area contributed by atoms with Gasteiger partial charge in [0.15, 0.2) is 0 Å². The number of hydrogen-bond acceptors (Lipinski definition) is 4. The highest BCUT2D eigenvalue weighted by Crippen LogP contribution is 2.08. The number of aromatic nitrogens is 3. The minimum atomic E-state index is -0.446. The standard InChI is InChI=1S/C7H13N5O/c1-2-12-4-6(10-11-12)5(8)3-7(9)13/h4-5H,2-3,8H2,1H3,(H2,9,13). The van der Waals surface area contributed by atoms with Crippen molar-refractivity contribution in [3.63, 3.8) is 0 Å². The first-order valence-corrected chi connectivity index (χ1v) is 4.07. The second-order valence-corrected chi connectivity index (χ2v) is 2.78. The molecule has 0 saturated carbocycles. The summed E-state index contributed by atoms with van der Waals surface area (Å²) < 4.78 is 1.65. The molecule has 1 amide bonds. The van der Waals surface area contributed by atoms with Gasteiger partial charge in [-0.05, 0) is 6.92 Å². The van der Waals surface area contributed by atoms with Crippen molar-refractivity contribution in [2.75, 3.05) is 0 Å². The van der Waals surface area contributed by atoms with Crippen molar-refractivity contribution in [3.05, 3.63) is 11.9 Å². The number of primary amides is 1. The summed E-state index contributed by atoms with van der Waals surface area (Å²) in [5.74, 6) is -0.432. The zero-order chi connectivity index (χ0) is 9.84. The van der Waals surface area contributed by atoms with E-state index in [9.17, 15) is 4.79 Å². The summed E-state index contributed by atoms with van der Waals surface area (Å²) in [6.45, 7) is 2.67. The first kappa shape index (κ1) is 9.66. The van der Waals surface area contributed by atoms with E-state index in [1.807, 2.05) is 6.92 Å². The van der Waals surface area contributed by atoms with E-state index in [1.54, 1.807) is 10.9 Å². The molecule has 1 heterocycles. The Morgan fingerprint density at radius 1 is 1.77 bits per heavy atom. The van der Waals surface area contributed by atoms with Crippen molar-refractivity contribution in [1.29, 1.82) is 0 Å². The van der Waals surface area contributed by atoms with Crippen LogP contribution in [0.4, 0.5) is 0 Å². The molecule has 6 nitrogen and oxygen atoms in total. The highest BCUT2D eigenvalue weighted by Gasteiger charge is 2.12. The zero-order valence-electron chi connectivity index (χ0n) is 7.47. The summed E-state index contributed by atoms with van der Waals surface area (Å²) in [5.41, 5.74) is 11.2. The molecule has 0 aliphatic carbocycles. The number of nitrogens with two attached hydrogens (primary N) is 2. The number of aryl methyl sites for hydroxylation is 1. The van der Waals surface area contributed by atoms with Gasteiger partial charge in [0.2, 0.25) is 5.91 Å². The van der Waals surface area contributed by atoms with E-state index in [2.05, 4.69) is 10.3 Å². The van der Waals surface area contributed by atoms with E-state index in [-0.39, 0.29) is 6.42 Å². The smallest absolute Gasteiger partial charge is 0.219 e. The van der Waals surface area contributed by atoms with Crippen molar-refractivity contribution in [3.8, 4) is 0 Å². The molecule has 13 heavy (non-hydrogen) atoms. The van der Waals surface area contributed by atoms with Gasteiger partial charge >= 0.3 is 0 Å². The van der Waals surface area contributed by atoms with Crippen LogP contribution in [0.3, 0.4) is 0 Å². The molecule has 0 bridgehead atoms. The fourth-order valence-corrected chi connectivity index (χ4v) is 0.959. The van der Waals surface area contributed by atoms with Gasteiger partial charge in [-0.15, -0.1) is 5.10 Å². The Morgan fingerprint density at radius 2 is 2.46 bits per heavy atom. The van der Waals surface area contributed by atoms with Crippen LogP contribution in [0.5, 0.6) is 0 Å². The van der Waals surface area contributed by atoms with Gasteiger partial charge in [-0.1, -0.05) is 5.21 Å². The quantitative estimate of drug-likeness (QED) is 0.636. The summed E-state index contributed by atoms with van der Waals surface area (Å²) in [6, 6.07) is -0.446. The minimum Gasteiger partial charge on any atom is -0.370 e.